The predicted octanol–water partition coefficient (Wildman–Crippen LogP) is 5.07. The second-order valence-electron chi connectivity index (χ2n) is 6.84. The lowest BCUT2D eigenvalue weighted by molar-refractivity contribution is -0.141. The molecule has 0 atom stereocenters. The largest absolute Gasteiger partial charge is 0.433 e. The third-order valence-electron chi connectivity index (χ3n) is 3.00. The van der Waals surface area contributed by atoms with Gasteiger partial charge in [-0.1, -0.05) is 6.07 Å². The number of anilines is 3. The number of hydrogen-bond acceptors (Lipinski definition) is 4. The van der Waals surface area contributed by atoms with Gasteiger partial charge >= 0.3 is 6.18 Å². The summed E-state index contributed by atoms with van der Waals surface area (Å²) in [4.78, 5) is 7.73. The van der Waals surface area contributed by atoms with Crippen molar-refractivity contribution >= 4 is 17.5 Å². The van der Waals surface area contributed by atoms with Crippen LogP contribution in [0.5, 0.6) is 0 Å². The first-order valence-electron chi connectivity index (χ1n) is 7.52. The summed E-state index contributed by atoms with van der Waals surface area (Å²) in [5, 5.41) is 5.81. The highest BCUT2D eigenvalue weighted by Crippen LogP contribution is 2.31. The van der Waals surface area contributed by atoms with E-state index in [0.717, 1.165) is 17.2 Å². The van der Waals surface area contributed by atoms with Crippen molar-refractivity contribution in [2.75, 3.05) is 10.6 Å². The van der Waals surface area contributed by atoms with E-state index in [4.69, 9.17) is 0 Å². The molecule has 1 aromatic heterocycles. The van der Waals surface area contributed by atoms with Crippen molar-refractivity contribution < 1.29 is 13.2 Å². The zero-order valence-electron chi connectivity index (χ0n) is 14.3. The lowest BCUT2D eigenvalue weighted by Crippen LogP contribution is -2.28. The van der Waals surface area contributed by atoms with E-state index in [-0.39, 0.29) is 11.8 Å². The maximum absolute atomic E-state index is 13.1. The monoisotopic (exact) mass is 338 g/mol. The quantitative estimate of drug-likeness (QED) is 0.821. The zero-order chi connectivity index (χ0) is 18.1. The second kappa shape index (κ2) is 6.30. The normalized spacial score (nSPS) is 12.2. The Morgan fingerprint density at radius 2 is 1.46 bits per heavy atom. The number of rotatable bonds is 3. The predicted molar refractivity (Wildman–Crippen MR) is 89.6 cm³/mol. The summed E-state index contributed by atoms with van der Waals surface area (Å²) in [6, 6.07) is 6.59. The van der Waals surface area contributed by atoms with E-state index in [1.165, 1.54) is 0 Å². The van der Waals surface area contributed by atoms with Crippen molar-refractivity contribution in [1.82, 2.24) is 9.97 Å². The molecule has 0 saturated heterocycles. The number of aryl methyl sites for hydroxylation is 2. The molecule has 7 heteroatoms. The standard InChI is InChI=1S/C17H21F3N4/c1-10-6-11(2)8-12(7-10)21-14-9-13(17(18,19)20)22-15(23-14)24-16(3,4)5/h6-9H,1-5H3,(H2,21,22,23,24). The molecule has 0 aliphatic carbocycles. The van der Waals surface area contributed by atoms with Crippen LogP contribution in [0.3, 0.4) is 0 Å². The Morgan fingerprint density at radius 1 is 0.875 bits per heavy atom. The van der Waals surface area contributed by atoms with Crippen molar-refractivity contribution in [3.8, 4) is 0 Å². The van der Waals surface area contributed by atoms with Crippen molar-refractivity contribution in [1.29, 1.82) is 0 Å². The van der Waals surface area contributed by atoms with Crippen LogP contribution in [0.2, 0.25) is 0 Å². The molecular formula is C17H21F3N4. The van der Waals surface area contributed by atoms with E-state index in [9.17, 15) is 13.2 Å². The van der Waals surface area contributed by atoms with Crippen LogP contribution in [0.15, 0.2) is 24.3 Å². The molecule has 0 bridgehead atoms. The molecule has 0 fully saturated rings. The van der Waals surface area contributed by atoms with Crippen LogP contribution in [-0.4, -0.2) is 15.5 Å². The van der Waals surface area contributed by atoms with Gasteiger partial charge in [-0.15, -0.1) is 0 Å². The van der Waals surface area contributed by atoms with Crippen molar-refractivity contribution in [3.05, 3.63) is 41.1 Å². The van der Waals surface area contributed by atoms with Crippen LogP contribution >= 0.6 is 0 Å². The topological polar surface area (TPSA) is 49.8 Å². The summed E-state index contributed by atoms with van der Waals surface area (Å²) in [5.41, 5.74) is 1.25. The summed E-state index contributed by atoms with van der Waals surface area (Å²) < 4.78 is 39.3. The summed E-state index contributed by atoms with van der Waals surface area (Å²) in [7, 11) is 0. The van der Waals surface area contributed by atoms with E-state index < -0.39 is 17.4 Å². The molecule has 0 amide bonds. The van der Waals surface area contributed by atoms with E-state index in [1.54, 1.807) is 0 Å². The molecule has 130 valence electrons. The van der Waals surface area contributed by atoms with Gasteiger partial charge in [0.1, 0.15) is 5.82 Å². The molecule has 0 spiro atoms. The number of nitrogens with zero attached hydrogens (tertiary/aromatic N) is 2. The molecule has 1 heterocycles. The van der Waals surface area contributed by atoms with Crippen LogP contribution in [0.1, 0.15) is 37.6 Å². The van der Waals surface area contributed by atoms with Gasteiger partial charge in [0, 0.05) is 17.3 Å². The Balaban J connectivity index is 2.42. The number of benzene rings is 1. The highest BCUT2D eigenvalue weighted by molar-refractivity contribution is 5.59. The van der Waals surface area contributed by atoms with Crippen LogP contribution in [0, 0.1) is 13.8 Å². The molecule has 1 aromatic carbocycles. The molecule has 0 unspecified atom stereocenters. The van der Waals surface area contributed by atoms with E-state index in [1.807, 2.05) is 52.8 Å². The Morgan fingerprint density at radius 3 is 1.96 bits per heavy atom. The molecule has 0 aliphatic rings. The van der Waals surface area contributed by atoms with Gasteiger partial charge in [0.15, 0.2) is 5.69 Å². The molecule has 2 N–H and O–H groups in total. The van der Waals surface area contributed by atoms with Crippen molar-refractivity contribution in [2.24, 2.45) is 0 Å². The van der Waals surface area contributed by atoms with Crippen molar-refractivity contribution in [2.45, 2.75) is 46.3 Å². The number of nitrogens with one attached hydrogen (secondary N) is 2. The number of halogens is 3. The first-order valence-corrected chi connectivity index (χ1v) is 7.52. The van der Waals surface area contributed by atoms with E-state index >= 15 is 0 Å². The SMILES string of the molecule is Cc1cc(C)cc(Nc2cc(C(F)(F)F)nc(NC(C)(C)C)n2)c1. The number of alkyl halides is 3. The van der Waals surface area contributed by atoms with Gasteiger partial charge in [-0.25, -0.2) is 4.98 Å². The van der Waals surface area contributed by atoms with Gasteiger partial charge in [-0.3, -0.25) is 0 Å². The fourth-order valence-corrected chi connectivity index (χ4v) is 2.24. The molecule has 2 rings (SSSR count). The second-order valence-corrected chi connectivity index (χ2v) is 6.84. The van der Waals surface area contributed by atoms with E-state index in [2.05, 4.69) is 20.6 Å². The maximum atomic E-state index is 13.1. The van der Waals surface area contributed by atoms with Gasteiger partial charge in [-0.2, -0.15) is 18.2 Å². The fraction of sp³-hybridized carbons (Fsp3) is 0.412. The van der Waals surface area contributed by atoms with Gasteiger partial charge in [-0.05, 0) is 57.9 Å². The molecule has 0 radical (unpaired) electrons. The third-order valence-corrected chi connectivity index (χ3v) is 3.00. The highest BCUT2D eigenvalue weighted by Gasteiger charge is 2.34. The summed E-state index contributed by atoms with van der Waals surface area (Å²) >= 11 is 0. The Hall–Kier alpha value is -2.31. The van der Waals surface area contributed by atoms with Crippen LogP contribution < -0.4 is 10.6 Å². The molecule has 0 aliphatic heterocycles. The smallest absolute Gasteiger partial charge is 0.350 e. The molecule has 2 aromatic rings. The average Bonchev–Trinajstić information content (AvgIpc) is 2.33. The zero-order valence-corrected chi connectivity index (χ0v) is 14.3. The van der Waals surface area contributed by atoms with Gasteiger partial charge in [0.05, 0.1) is 0 Å². The third kappa shape index (κ3) is 5.11. The molecule has 4 nitrogen and oxygen atoms in total. The first kappa shape index (κ1) is 18.0. The summed E-state index contributed by atoms with van der Waals surface area (Å²) in [6.45, 7) is 9.33. The Bertz CT molecular complexity index is 713. The van der Waals surface area contributed by atoms with Crippen LogP contribution in [-0.2, 0) is 6.18 Å². The fourth-order valence-electron chi connectivity index (χ4n) is 2.24. The summed E-state index contributed by atoms with van der Waals surface area (Å²) in [6.07, 6.45) is -4.55. The lowest BCUT2D eigenvalue weighted by Gasteiger charge is -2.21. The lowest BCUT2D eigenvalue weighted by atomic mass is 10.1. The first-order chi connectivity index (χ1) is 10.9. The van der Waals surface area contributed by atoms with Crippen LogP contribution in [0.25, 0.3) is 0 Å². The minimum Gasteiger partial charge on any atom is -0.350 e. The van der Waals surface area contributed by atoms with E-state index in [0.29, 0.717) is 5.69 Å². The number of aromatic nitrogens is 2. The minimum atomic E-state index is -4.55. The van der Waals surface area contributed by atoms with Gasteiger partial charge < -0.3 is 10.6 Å². The van der Waals surface area contributed by atoms with Gasteiger partial charge in [0.25, 0.3) is 0 Å². The molecular weight excluding hydrogens is 317 g/mol. The van der Waals surface area contributed by atoms with Gasteiger partial charge in [0.2, 0.25) is 5.95 Å². The number of hydrogen-bond donors (Lipinski definition) is 2. The average molecular weight is 338 g/mol. The highest BCUT2D eigenvalue weighted by atomic mass is 19.4. The summed E-state index contributed by atoms with van der Waals surface area (Å²) in [5.74, 6) is 0.0262. The Labute approximate surface area is 139 Å². The Kier molecular flexibility index (Phi) is 4.73. The van der Waals surface area contributed by atoms with Crippen LogP contribution in [0.4, 0.5) is 30.6 Å². The van der Waals surface area contributed by atoms with Crippen molar-refractivity contribution in [3.63, 3.8) is 0 Å². The maximum Gasteiger partial charge on any atom is 0.433 e. The molecule has 24 heavy (non-hydrogen) atoms. The minimum absolute atomic E-state index is 0.0656. The molecule has 0 saturated carbocycles.